The van der Waals surface area contributed by atoms with Crippen LogP contribution in [0, 0.1) is 13.8 Å². The minimum absolute atomic E-state index is 0.540. The van der Waals surface area contributed by atoms with E-state index in [2.05, 4.69) is 74.4 Å². The molecule has 1 fully saturated rings. The number of nitrogen functional groups attached to an aromatic ring is 1. The third-order valence-corrected chi connectivity index (χ3v) is 7.45. The molecule has 1 aliphatic carbocycles. The van der Waals surface area contributed by atoms with Crippen molar-refractivity contribution in [2.75, 3.05) is 11.1 Å². The minimum Gasteiger partial charge on any atom is -0.383 e. The number of rotatable bonds is 6. The van der Waals surface area contributed by atoms with E-state index in [1.807, 2.05) is 16.8 Å². The zero-order valence-electron chi connectivity index (χ0n) is 20.8. The van der Waals surface area contributed by atoms with Gasteiger partial charge in [-0.25, -0.2) is 19.6 Å². The van der Waals surface area contributed by atoms with E-state index < -0.39 is 0 Å². The highest BCUT2D eigenvalue weighted by Crippen LogP contribution is 2.40. The Morgan fingerprint density at radius 1 is 1.05 bits per heavy atom. The number of aromatic nitrogens is 7. The normalized spacial score (nSPS) is 13.7. The Morgan fingerprint density at radius 3 is 2.81 bits per heavy atom. The summed E-state index contributed by atoms with van der Waals surface area (Å²) >= 11 is 0. The second-order valence-corrected chi connectivity index (χ2v) is 9.98. The number of hydrogen-bond donors (Lipinski definition) is 2. The number of imidazole rings is 1. The first kappa shape index (κ1) is 21.7. The lowest BCUT2D eigenvalue weighted by atomic mass is 9.96. The number of nitrogens with two attached hydrogens (primary N) is 1. The first-order chi connectivity index (χ1) is 18.0. The number of pyridine rings is 3. The quantitative estimate of drug-likeness (QED) is 0.347. The molecule has 0 spiro atoms. The highest BCUT2D eigenvalue weighted by Gasteiger charge is 2.23. The minimum atomic E-state index is 0.540. The number of aryl methyl sites for hydroxylation is 2. The summed E-state index contributed by atoms with van der Waals surface area (Å²) in [6, 6.07) is 10.4. The highest BCUT2D eigenvalue weighted by atomic mass is 15.4. The molecule has 5 aromatic heterocycles. The van der Waals surface area contributed by atoms with Gasteiger partial charge in [0.2, 0.25) is 0 Å². The molecule has 0 amide bonds. The van der Waals surface area contributed by atoms with Crippen molar-refractivity contribution in [3.8, 4) is 0 Å². The van der Waals surface area contributed by atoms with Crippen LogP contribution < -0.4 is 11.1 Å². The number of nitrogens with one attached hydrogen (secondary N) is 1. The van der Waals surface area contributed by atoms with Crippen LogP contribution in [0.15, 0.2) is 55.1 Å². The van der Waals surface area contributed by atoms with E-state index in [1.165, 1.54) is 35.1 Å². The van der Waals surface area contributed by atoms with Gasteiger partial charge in [0.15, 0.2) is 0 Å². The molecule has 0 bridgehead atoms. The van der Waals surface area contributed by atoms with Gasteiger partial charge in [0.1, 0.15) is 22.8 Å². The van der Waals surface area contributed by atoms with Gasteiger partial charge in [0.25, 0.3) is 0 Å². The lowest BCUT2D eigenvalue weighted by molar-refractivity contribution is 0.660. The molecule has 0 radical (unpaired) electrons. The molecule has 0 unspecified atom stereocenters. The van der Waals surface area contributed by atoms with E-state index in [0.717, 1.165) is 39.0 Å². The summed E-state index contributed by atoms with van der Waals surface area (Å²) in [6.07, 6.45) is 10.4. The average Bonchev–Trinajstić information content (AvgIpc) is 3.56. The van der Waals surface area contributed by atoms with Gasteiger partial charge in [-0.1, -0.05) is 11.3 Å². The smallest absolute Gasteiger partial charge is 0.137 e. The van der Waals surface area contributed by atoms with Gasteiger partial charge in [-0.05, 0) is 78.4 Å². The molecule has 0 atom stereocenters. The molecular formula is C28H27N9. The van der Waals surface area contributed by atoms with Crippen molar-refractivity contribution in [3.63, 3.8) is 0 Å². The third kappa shape index (κ3) is 3.83. The van der Waals surface area contributed by atoms with Crippen LogP contribution in [0.1, 0.15) is 46.7 Å². The van der Waals surface area contributed by atoms with Crippen LogP contribution in [-0.2, 0) is 13.1 Å². The largest absolute Gasteiger partial charge is 0.383 e. The SMILES string of the molecule is Cc1cc2c(N)nccc2c(C)c1CNc1cc2c(cn1)nnn2Cc1cn2cc(C3CC3)ccc2n1. The Balaban J connectivity index is 1.15. The van der Waals surface area contributed by atoms with Gasteiger partial charge in [-0.3, -0.25) is 0 Å². The molecule has 7 rings (SSSR count). The van der Waals surface area contributed by atoms with Crippen molar-refractivity contribution < 1.29 is 0 Å². The first-order valence-corrected chi connectivity index (χ1v) is 12.6. The van der Waals surface area contributed by atoms with E-state index in [0.29, 0.717) is 24.8 Å². The zero-order valence-corrected chi connectivity index (χ0v) is 20.8. The molecule has 9 heteroatoms. The zero-order chi connectivity index (χ0) is 25.1. The molecule has 3 N–H and O–H groups in total. The predicted octanol–water partition coefficient (Wildman–Crippen LogP) is 4.76. The van der Waals surface area contributed by atoms with Crippen LogP contribution in [0.2, 0.25) is 0 Å². The van der Waals surface area contributed by atoms with Gasteiger partial charge < -0.3 is 15.5 Å². The highest BCUT2D eigenvalue weighted by molar-refractivity contribution is 5.94. The van der Waals surface area contributed by atoms with Crippen LogP contribution in [-0.4, -0.2) is 34.3 Å². The topological polar surface area (TPSA) is 112 Å². The maximum absolute atomic E-state index is 6.11. The Labute approximate surface area is 213 Å². The molecule has 184 valence electrons. The van der Waals surface area contributed by atoms with Gasteiger partial charge >= 0.3 is 0 Å². The summed E-state index contributed by atoms with van der Waals surface area (Å²) in [6.45, 7) is 5.42. The fourth-order valence-electron chi connectivity index (χ4n) is 5.22. The predicted molar refractivity (Wildman–Crippen MR) is 145 cm³/mol. The van der Waals surface area contributed by atoms with Crippen LogP contribution in [0.4, 0.5) is 11.6 Å². The van der Waals surface area contributed by atoms with Crippen LogP contribution in [0.25, 0.3) is 27.5 Å². The maximum Gasteiger partial charge on any atom is 0.137 e. The second-order valence-electron chi connectivity index (χ2n) is 9.98. The summed E-state index contributed by atoms with van der Waals surface area (Å²) in [5.41, 5.74) is 14.7. The van der Waals surface area contributed by atoms with E-state index in [-0.39, 0.29) is 0 Å². The second kappa shape index (κ2) is 8.26. The van der Waals surface area contributed by atoms with E-state index in [4.69, 9.17) is 10.7 Å². The molecule has 0 aliphatic heterocycles. The Kier molecular flexibility index (Phi) is 4.85. The molecule has 1 aromatic carbocycles. The fraction of sp³-hybridized carbons (Fsp3) is 0.250. The number of benzene rings is 1. The van der Waals surface area contributed by atoms with E-state index >= 15 is 0 Å². The summed E-state index contributed by atoms with van der Waals surface area (Å²) in [7, 11) is 0. The van der Waals surface area contributed by atoms with Gasteiger partial charge in [-0.15, -0.1) is 5.10 Å². The van der Waals surface area contributed by atoms with Crippen LogP contribution >= 0.6 is 0 Å². The van der Waals surface area contributed by atoms with Crippen molar-refractivity contribution in [3.05, 3.63) is 83.1 Å². The monoisotopic (exact) mass is 489 g/mol. The Hall–Kier alpha value is -4.53. The standard InChI is InChI=1S/C28H27N9/c1-16-9-22-21(7-8-30-28(22)29)17(2)23(16)11-31-26-10-25-24(12-32-26)34-35-37(25)15-20-14-36-13-19(18-3-4-18)5-6-27(36)33-20/h5-10,12-14,18H,3-4,11,15H2,1-2H3,(H2,29,30)(H,31,32). The molecule has 0 saturated heterocycles. The molecule has 37 heavy (non-hydrogen) atoms. The average molecular weight is 490 g/mol. The molecule has 1 saturated carbocycles. The van der Waals surface area contributed by atoms with Crippen molar-refractivity contribution in [2.45, 2.75) is 45.7 Å². The van der Waals surface area contributed by atoms with Crippen molar-refractivity contribution >= 4 is 39.1 Å². The van der Waals surface area contributed by atoms with E-state index in [9.17, 15) is 0 Å². The Bertz CT molecular complexity index is 1810. The van der Waals surface area contributed by atoms with Crippen molar-refractivity contribution in [1.29, 1.82) is 0 Å². The molecular weight excluding hydrogens is 462 g/mol. The fourth-order valence-corrected chi connectivity index (χ4v) is 5.22. The lowest BCUT2D eigenvalue weighted by Crippen LogP contribution is -2.07. The molecule has 5 heterocycles. The van der Waals surface area contributed by atoms with Gasteiger partial charge in [0.05, 0.1) is 24.0 Å². The molecule has 9 nitrogen and oxygen atoms in total. The summed E-state index contributed by atoms with van der Waals surface area (Å²) in [5.74, 6) is 2.04. The van der Waals surface area contributed by atoms with Crippen molar-refractivity contribution in [2.24, 2.45) is 0 Å². The summed E-state index contributed by atoms with van der Waals surface area (Å²) in [5, 5.41) is 14.3. The third-order valence-electron chi connectivity index (χ3n) is 7.45. The summed E-state index contributed by atoms with van der Waals surface area (Å²) in [4.78, 5) is 13.6. The Morgan fingerprint density at radius 2 is 1.95 bits per heavy atom. The number of nitrogens with zero attached hydrogens (tertiary/aromatic N) is 7. The summed E-state index contributed by atoms with van der Waals surface area (Å²) < 4.78 is 4.00. The lowest BCUT2D eigenvalue weighted by Gasteiger charge is -2.15. The maximum atomic E-state index is 6.11. The number of hydrogen-bond acceptors (Lipinski definition) is 7. The van der Waals surface area contributed by atoms with Gasteiger partial charge in [0, 0.05) is 36.6 Å². The first-order valence-electron chi connectivity index (χ1n) is 12.6. The molecule has 1 aliphatic rings. The van der Waals surface area contributed by atoms with Gasteiger partial charge in [-0.2, -0.15) is 0 Å². The number of anilines is 2. The van der Waals surface area contributed by atoms with Crippen LogP contribution in [0.5, 0.6) is 0 Å². The molecule has 6 aromatic rings. The van der Waals surface area contributed by atoms with Crippen LogP contribution in [0.3, 0.4) is 0 Å². The number of fused-ring (bicyclic) bond motifs is 3. The van der Waals surface area contributed by atoms with E-state index in [1.54, 1.807) is 12.4 Å². The van der Waals surface area contributed by atoms with Crippen molar-refractivity contribution in [1.82, 2.24) is 34.3 Å².